The van der Waals surface area contributed by atoms with Crippen molar-refractivity contribution in [2.45, 2.75) is 19.5 Å². The maximum Gasteiger partial charge on any atom is 0.163 e. The van der Waals surface area contributed by atoms with E-state index in [1.165, 1.54) is 6.07 Å². The summed E-state index contributed by atoms with van der Waals surface area (Å²) in [7, 11) is 1.88. The normalized spacial score (nSPS) is 12.7. The number of halogens is 2. The molecule has 0 aliphatic heterocycles. The Morgan fingerprint density at radius 3 is 2.78 bits per heavy atom. The fourth-order valence-corrected chi connectivity index (χ4v) is 1.85. The zero-order valence-electron chi connectivity index (χ0n) is 10.5. The molecule has 18 heavy (non-hydrogen) atoms. The molecule has 2 rings (SSSR count). The molecule has 0 amide bonds. The summed E-state index contributed by atoms with van der Waals surface area (Å²) in [5.41, 5.74) is 1.48. The van der Waals surface area contributed by atoms with Gasteiger partial charge in [-0.2, -0.15) is 0 Å². The Morgan fingerprint density at radius 2 is 2.06 bits per heavy atom. The van der Waals surface area contributed by atoms with E-state index in [9.17, 15) is 8.78 Å². The number of hydrogen-bond donors (Lipinski definition) is 1. The second-order valence-electron chi connectivity index (χ2n) is 4.34. The summed E-state index contributed by atoms with van der Waals surface area (Å²) in [6.45, 7) is 2.38. The second-order valence-corrected chi connectivity index (χ2v) is 4.34. The van der Waals surface area contributed by atoms with Crippen LogP contribution in [0.15, 0.2) is 36.7 Å². The molecule has 0 saturated heterocycles. The van der Waals surface area contributed by atoms with Crippen LogP contribution in [0.25, 0.3) is 0 Å². The third kappa shape index (κ3) is 2.59. The van der Waals surface area contributed by atoms with Gasteiger partial charge in [-0.05, 0) is 31.7 Å². The van der Waals surface area contributed by atoms with Crippen molar-refractivity contribution in [3.8, 4) is 0 Å². The first-order valence-corrected chi connectivity index (χ1v) is 5.87. The van der Waals surface area contributed by atoms with Crippen LogP contribution in [0.3, 0.4) is 0 Å². The van der Waals surface area contributed by atoms with Crippen molar-refractivity contribution >= 4 is 0 Å². The third-order valence-electron chi connectivity index (χ3n) is 3.09. The number of benzene rings is 1. The van der Waals surface area contributed by atoms with Crippen molar-refractivity contribution in [1.82, 2.24) is 9.88 Å². The zero-order chi connectivity index (χ0) is 13.1. The average molecular weight is 250 g/mol. The summed E-state index contributed by atoms with van der Waals surface area (Å²) in [5.74, 6) is -1.57. The Balaban J connectivity index is 2.19. The fourth-order valence-electron chi connectivity index (χ4n) is 1.85. The summed E-state index contributed by atoms with van der Waals surface area (Å²) in [5, 5.41) is 3.13. The van der Waals surface area contributed by atoms with E-state index in [0.717, 1.165) is 11.6 Å². The molecule has 0 aliphatic rings. The predicted molar refractivity (Wildman–Crippen MR) is 67.4 cm³/mol. The second kappa shape index (κ2) is 5.31. The van der Waals surface area contributed by atoms with Crippen molar-refractivity contribution < 1.29 is 8.78 Å². The lowest BCUT2D eigenvalue weighted by atomic mass is 10.2. The zero-order valence-corrected chi connectivity index (χ0v) is 10.5. The molecule has 1 aromatic carbocycles. The molecule has 0 fully saturated rings. The summed E-state index contributed by atoms with van der Waals surface area (Å²) < 4.78 is 28.4. The van der Waals surface area contributed by atoms with E-state index in [1.54, 1.807) is 6.07 Å². The van der Waals surface area contributed by atoms with Gasteiger partial charge in [-0.1, -0.05) is 12.1 Å². The Hall–Kier alpha value is -1.68. The summed E-state index contributed by atoms with van der Waals surface area (Å²) in [4.78, 5) is 0. The van der Waals surface area contributed by atoms with E-state index in [-0.39, 0.29) is 6.04 Å². The highest BCUT2D eigenvalue weighted by atomic mass is 19.2. The van der Waals surface area contributed by atoms with E-state index in [0.29, 0.717) is 12.1 Å². The van der Waals surface area contributed by atoms with E-state index in [1.807, 2.05) is 37.0 Å². The van der Waals surface area contributed by atoms with Crippen molar-refractivity contribution in [1.29, 1.82) is 0 Å². The number of aromatic nitrogens is 1. The van der Waals surface area contributed by atoms with E-state index in [2.05, 4.69) is 5.32 Å². The van der Waals surface area contributed by atoms with Crippen LogP contribution in [0.4, 0.5) is 8.78 Å². The van der Waals surface area contributed by atoms with Gasteiger partial charge in [0.1, 0.15) is 0 Å². The van der Waals surface area contributed by atoms with Gasteiger partial charge in [0.2, 0.25) is 0 Å². The molecule has 0 radical (unpaired) electrons. The highest BCUT2D eigenvalue weighted by molar-refractivity contribution is 5.21. The lowest BCUT2D eigenvalue weighted by Gasteiger charge is -2.08. The molecule has 96 valence electrons. The van der Waals surface area contributed by atoms with Gasteiger partial charge >= 0.3 is 0 Å². The number of nitrogens with zero attached hydrogens (tertiary/aromatic N) is 1. The highest BCUT2D eigenvalue weighted by Gasteiger charge is 2.09. The van der Waals surface area contributed by atoms with E-state index in [4.69, 9.17) is 0 Å². The molecule has 2 aromatic rings. The maximum atomic E-state index is 13.5. The molecule has 0 spiro atoms. The molecule has 1 N–H and O–H groups in total. The van der Waals surface area contributed by atoms with Crippen molar-refractivity contribution in [3.05, 3.63) is 59.4 Å². The molecular weight excluding hydrogens is 234 g/mol. The van der Waals surface area contributed by atoms with Crippen LogP contribution in [0.1, 0.15) is 24.1 Å². The van der Waals surface area contributed by atoms with Crippen LogP contribution >= 0.6 is 0 Å². The largest absolute Gasteiger partial charge is 0.349 e. The lowest BCUT2D eigenvalue weighted by Crippen LogP contribution is -2.11. The van der Waals surface area contributed by atoms with Gasteiger partial charge in [0.15, 0.2) is 11.6 Å². The fraction of sp³-hybridized carbons (Fsp3) is 0.286. The average Bonchev–Trinajstić information content (AvgIpc) is 2.82. The first-order valence-electron chi connectivity index (χ1n) is 5.87. The quantitative estimate of drug-likeness (QED) is 0.882. The van der Waals surface area contributed by atoms with Gasteiger partial charge in [-0.25, -0.2) is 8.78 Å². The van der Waals surface area contributed by atoms with Crippen LogP contribution in [0.2, 0.25) is 0 Å². The van der Waals surface area contributed by atoms with Crippen molar-refractivity contribution in [3.63, 3.8) is 0 Å². The van der Waals surface area contributed by atoms with Gasteiger partial charge < -0.3 is 9.88 Å². The summed E-state index contributed by atoms with van der Waals surface area (Å²) in [6, 6.07) is 6.46. The number of hydrogen-bond acceptors (Lipinski definition) is 1. The highest BCUT2D eigenvalue weighted by Crippen LogP contribution is 2.16. The molecule has 1 aromatic heterocycles. The van der Waals surface area contributed by atoms with Crippen LogP contribution in [-0.4, -0.2) is 11.6 Å². The molecule has 2 nitrogen and oxygen atoms in total. The smallest absolute Gasteiger partial charge is 0.163 e. The summed E-state index contributed by atoms with van der Waals surface area (Å²) >= 11 is 0. The van der Waals surface area contributed by atoms with Crippen molar-refractivity contribution in [2.75, 3.05) is 7.05 Å². The van der Waals surface area contributed by atoms with Gasteiger partial charge in [0.25, 0.3) is 0 Å². The van der Waals surface area contributed by atoms with Gasteiger partial charge in [-0.3, -0.25) is 0 Å². The standard InChI is InChI=1S/C14H16F2N2/c1-10(17-2)11-6-7-18(8-11)9-12-4-3-5-13(15)14(12)16/h3-8,10,17H,9H2,1-2H3. The predicted octanol–water partition coefficient (Wildman–Crippen LogP) is 3.10. The van der Waals surface area contributed by atoms with Gasteiger partial charge in [-0.15, -0.1) is 0 Å². The van der Waals surface area contributed by atoms with Crippen LogP contribution in [0, 0.1) is 11.6 Å². The molecule has 0 saturated carbocycles. The van der Waals surface area contributed by atoms with Gasteiger partial charge in [0.05, 0.1) is 0 Å². The first-order chi connectivity index (χ1) is 8.61. The minimum absolute atomic E-state index is 0.239. The molecular formula is C14H16F2N2. The molecule has 1 unspecified atom stereocenters. The first kappa shape index (κ1) is 12.8. The summed E-state index contributed by atoms with van der Waals surface area (Å²) in [6.07, 6.45) is 3.80. The van der Waals surface area contributed by atoms with Crippen molar-refractivity contribution in [2.24, 2.45) is 0 Å². The monoisotopic (exact) mass is 250 g/mol. The topological polar surface area (TPSA) is 17.0 Å². The van der Waals surface area contributed by atoms with Gasteiger partial charge in [0, 0.05) is 30.5 Å². The van der Waals surface area contributed by atoms with Crippen LogP contribution in [0.5, 0.6) is 0 Å². The number of rotatable bonds is 4. The lowest BCUT2D eigenvalue weighted by molar-refractivity contribution is 0.495. The Bertz CT molecular complexity index is 534. The SMILES string of the molecule is CNC(C)c1ccn(Cc2cccc(F)c2F)c1. The minimum Gasteiger partial charge on any atom is -0.349 e. The van der Waals surface area contributed by atoms with Crippen LogP contribution in [-0.2, 0) is 6.54 Å². The van der Waals surface area contributed by atoms with E-state index < -0.39 is 11.6 Å². The maximum absolute atomic E-state index is 13.5. The number of nitrogens with one attached hydrogen (secondary N) is 1. The Morgan fingerprint density at radius 1 is 1.28 bits per heavy atom. The van der Waals surface area contributed by atoms with E-state index >= 15 is 0 Å². The van der Waals surface area contributed by atoms with Crippen LogP contribution < -0.4 is 5.32 Å². The Kier molecular flexibility index (Phi) is 3.77. The molecule has 4 heteroatoms. The third-order valence-corrected chi connectivity index (χ3v) is 3.09. The molecule has 1 atom stereocenters. The molecule has 0 bridgehead atoms. The Labute approximate surface area is 105 Å². The molecule has 1 heterocycles. The minimum atomic E-state index is -0.802. The molecule has 0 aliphatic carbocycles.